The maximum Gasteiger partial charge on any atom is 0.138 e. The third-order valence-corrected chi connectivity index (χ3v) is 2.60. The normalized spacial score (nSPS) is 9.87. The summed E-state index contributed by atoms with van der Waals surface area (Å²) in [5, 5.41) is 0. The molecular formula is C12H11NOS. The van der Waals surface area contributed by atoms with Crippen molar-refractivity contribution in [2.45, 2.75) is 4.90 Å². The lowest BCUT2D eigenvalue weighted by atomic mass is 10.3. The molecule has 0 aliphatic carbocycles. The number of rotatable bonds is 3. The van der Waals surface area contributed by atoms with Gasteiger partial charge >= 0.3 is 0 Å². The van der Waals surface area contributed by atoms with Gasteiger partial charge in [-0.25, -0.2) is 0 Å². The standard InChI is InChI=1S/C12H11NOS/c13-10-6-8-11(9-7-10)14-15-12-4-2-1-3-5-12/h1-9H,13H2. The highest BCUT2D eigenvalue weighted by atomic mass is 32.2. The van der Waals surface area contributed by atoms with E-state index in [0.717, 1.165) is 16.3 Å². The van der Waals surface area contributed by atoms with Gasteiger partial charge in [0.25, 0.3) is 0 Å². The molecule has 2 aromatic rings. The fourth-order valence-corrected chi connectivity index (χ4v) is 1.67. The maximum atomic E-state index is 5.57. The molecule has 0 spiro atoms. The van der Waals surface area contributed by atoms with Gasteiger partial charge in [0.15, 0.2) is 0 Å². The molecule has 2 N–H and O–H groups in total. The molecule has 0 aliphatic rings. The van der Waals surface area contributed by atoms with Crippen LogP contribution < -0.4 is 9.92 Å². The Kier molecular flexibility index (Phi) is 3.15. The fraction of sp³-hybridized carbons (Fsp3) is 0. The van der Waals surface area contributed by atoms with Crippen LogP contribution in [0.5, 0.6) is 5.75 Å². The first-order valence-electron chi connectivity index (χ1n) is 4.60. The predicted molar refractivity (Wildman–Crippen MR) is 63.8 cm³/mol. The molecule has 2 aromatic carbocycles. The monoisotopic (exact) mass is 217 g/mol. The molecule has 0 atom stereocenters. The van der Waals surface area contributed by atoms with Gasteiger partial charge in [-0.1, -0.05) is 18.2 Å². The van der Waals surface area contributed by atoms with Crippen LogP contribution in [0.1, 0.15) is 0 Å². The Morgan fingerprint density at radius 1 is 0.867 bits per heavy atom. The van der Waals surface area contributed by atoms with Crippen molar-refractivity contribution in [3.05, 3.63) is 54.6 Å². The van der Waals surface area contributed by atoms with E-state index in [1.54, 1.807) is 0 Å². The molecule has 3 heteroatoms. The summed E-state index contributed by atoms with van der Waals surface area (Å²) in [6, 6.07) is 17.3. The maximum absolute atomic E-state index is 5.57. The fourth-order valence-electron chi connectivity index (χ4n) is 1.10. The summed E-state index contributed by atoms with van der Waals surface area (Å²) in [5.74, 6) is 0.804. The van der Waals surface area contributed by atoms with Crippen molar-refractivity contribution in [2.75, 3.05) is 5.73 Å². The molecule has 0 radical (unpaired) electrons. The quantitative estimate of drug-likeness (QED) is 0.632. The Bertz CT molecular complexity index is 413. The Hall–Kier alpha value is -1.61. The summed E-state index contributed by atoms with van der Waals surface area (Å²) < 4.78 is 5.51. The average Bonchev–Trinajstić information content (AvgIpc) is 2.30. The molecule has 0 bridgehead atoms. The zero-order chi connectivity index (χ0) is 10.5. The summed E-state index contributed by atoms with van der Waals surface area (Å²) in [4.78, 5) is 1.08. The van der Waals surface area contributed by atoms with E-state index in [1.807, 2.05) is 54.6 Å². The number of hydrogen-bond donors (Lipinski definition) is 1. The van der Waals surface area contributed by atoms with Crippen LogP contribution in [0.4, 0.5) is 5.69 Å². The number of hydrogen-bond acceptors (Lipinski definition) is 3. The molecule has 76 valence electrons. The van der Waals surface area contributed by atoms with E-state index in [0.29, 0.717) is 0 Å². The zero-order valence-corrected chi connectivity index (χ0v) is 8.91. The molecule has 0 heterocycles. The summed E-state index contributed by atoms with van der Waals surface area (Å²) in [5.41, 5.74) is 6.31. The molecule has 0 saturated heterocycles. The van der Waals surface area contributed by atoms with Crippen molar-refractivity contribution < 1.29 is 4.18 Å². The Morgan fingerprint density at radius 2 is 1.53 bits per heavy atom. The smallest absolute Gasteiger partial charge is 0.138 e. The zero-order valence-electron chi connectivity index (χ0n) is 8.09. The topological polar surface area (TPSA) is 35.2 Å². The van der Waals surface area contributed by atoms with Gasteiger partial charge in [-0.15, -0.1) is 0 Å². The molecule has 2 nitrogen and oxygen atoms in total. The Balaban J connectivity index is 1.96. The lowest BCUT2D eigenvalue weighted by Crippen LogP contribution is -1.85. The lowest BCUT2D eigenvalue weighted by Gasteiger charge is -2.03. The minimum absolute atomic E-state index is 0.743. The third-order valence-electron chi connectivity index (χ3n) is 1.86. The van der Waals surface area contributed by atoms with Gasteiger partial charge in [0, 0.05) is 10.6 Å². The van der Waals surface area contributed by atoms with Crippen LogP contribution in [0.3, 0.4) is 0 Å². The van der Waals surface area contributed by atoms with Crippen LogP contribution in [0, 0.1) is 0 Å². The number of nitrogen functional groups attached to an aromatic ring is 1. The van der Waals surface area contributed by atoms with Crippen molar-refractivity contribution in [1.82, 2.24) is 0 Å². The Labute approximate surface area is 93.3 Å². The summed E-state index contributed by atoms with van der Waals surface area (Å²) in [6.07, 6.45) is 0. The van der Waals surface area contributed by atoms with E-state index < -0.39 is 0 Å². The van der Waals surface area contributed by atoms with E-state index in [9.17, 15) is 0 Å². The van der Waals surface area contributed by atoms with Crippen molar-refractivity contribution in [3.8, 4) is 5.75 Å². The Morgan fingerprint density at radius 3 is 2.20 bits per heavy atom. The van der Waals surface area contributed by atoms with Crippen molar-refractivity contribution in [2.24, 2.45) is 0 Å². The number of anilines is 1. The number of nitrogens with two attached hydrogens (primary N) is 1. The number of benzene rings is 2. The van der Waals surface area contributed by atoms with Gasteiger partial charge in [-0.05, 0) is 36.4 Å². The van der Waals surface area contributed by atoms with Crippen LogP contribution in [0.15, 0.2) is 59.5 Å². The summed E-state index contributed by atoms with van der Waals surface area (Å²) in [6.45, 7) is 0. The van der Waals surface area contributed by atoms with Crippen LogP contribution >= 0.6 is 12.0 Å². The molecule has 0 amide bonds. The molecule has 2 rings (SSSR count). The second-order valence-corrected chi connectivity index (χ2v) is 3.85. The highest BCUT2D eigenvalue weighted by molar-refractivity contribution is 7.95. The van der Waals surface area contributed by atoms with Crippen LogP contribution in [-0.2, 0) is 0 Å². The molecule has 0 unspecified atom stereocenters. The van der Waals surface area contributed by atoms with Gasteiger partial charge in [-0.2, -0.15) is 0 Å². The highest BCUT2D eigenvalue weighted by Gasteiger charge is 1.96. The second-order valence-electron chi connectivity index (χ2n) is 3.05. The SMILES string of the molecule is Nc1ccc(OSc2ccccc2)cc1. The molecule has 0 aromatic heterocycles. The van der Waals surface area contributed by atoms with E-state index in [-0.39, 0.29) is 0 Å². The van der Waals surface area contributed by atoms with E-state index in [1.165, 1.54) is 12.0 Å². The molecule has 0 aliphatic heterocycles. The highest BCUT2D eigenvalue weighted by Crippen LogP contribution is 2.23. The first-order chi connectivity index (χ1) is 7.34. The summed E-state index contributed by atoms with van der Waals surface area (Å²) >= 11 is 1.34. The second kappa shape index (κ2) is 4.75. The van der Waals surface area contributed by atoms with Crippen molar-refractivity contribution >= 4 is 17.7 Å². The van der Waals surface area contributed by atoms with Gasteiger partial charge in [0.1, 0.15) is 5.75 Å². The predicted octanol–water partition coefficient (Wildman–Crippen LogP) is 3.35. The minimum atomic E-state index is 0.743. The molecule has 0 saturated carbocycles. The average molecular weight is 217 g/mol. The van der Waals surface area contributed by atoms with Gasteiger partial charge in [-0.3, -0.25) is 0 Å². The van der Waals surface area contributed by atoms with Gasteiger partial charge in [0.05, 0.1) is 12.0 Å². The van der Waals surface area contributed by atoms with E-state index in [2.05, 4.69) is 0 Å². The summed E-state index contributed by atoms with van der Waals surface area (Å²) in [7, 11) is 0. The van der Waals surface area contributed by atoms with Crippen molar-refractivity contribution in [1.29, 1.82) is 0 Å². The van der Waals surface area contributed by atoms with Gasteiger partial charge in [0.2, 0.25) is 0 Å². The van der Waals surface area contributed by atoms with E-state index in [4.69, 9.17) is 9.92 Å². The molecule has 15 heavy (non-hydrogen) atoms. The lowest BCUT2D eigenvalue weighted by molar-refractivity contribution is 0.646. The molecular weight excluding hydrogens is 206 g/mol. The van der Waals surface area contributed by atoms with Crippen LogP contribution in [0.25, 0.3) is 0 Å². The van der Waals surface area contributed by atoms with Crippen molar-refractivity contribution in [3.63, 3.8) is 0 Å². The van der Waals surface area contributed by atoms with Crippen LogP contribution in [-0.4, -0.2) is 0 Å². The minimum Gasteiger partial charge on any atom is -0.421 e. The first-order valence-corrected chi connectivity index (χ1v) is 5.34. The van der Waals surface area contributed by atoms with Gasteiger partial charge < -0.3 is 9.92 Å². The van der Waals surface area contributed by atoms with Crippen LogP contribution in [0.2, 0.25) is 0 Å². The molecule has 0 fully saturated rings. The third kappa shape index (κ3) is 2.92. The van der Waals surface area contributed by atoms with E-state index >= 15 is 0 Å². The first kappa shape index (κ1) is 9.93. The largest absolute Gasteiger partial charge is 0.421 e.